The third-order valence-corrected chi connectivity index (χ3v) is 8.68. The van der Waals surface area contributed by atoms with Crippen LogP contribution in [0, 0.1) is 0 Å². The highest BCUT2D eigenvalue weighted by atomic mass is 32.3. The van der Waals surface area contributed by atoms with Crippen molar-refractivity contribution < 1.29 is 23.1 Å². The summed E-state index contributed by atoms with van der Waals surface area (Å²) in [6, 6.07) is 12.2. The molecule has 2 aliphatic heterocycles. The molecule has 1 fully saturated rings. The van der Waals surface area contributed by atoms with Gasteiger partial charge in [-0.05, 0) is 56.5 Å². The number of amides is 1. The van der Waals surface area contributed by atoms with E-state index >= 15 is 0 Å². The topological polar surface area (TPSA) is 108 Å². The molecule has 2 aliphatic rings. The molecule has 0 atom stereocenters. The Hall–Kier alpha value is -2.79. The standard InChI is InChI=1S/C24H29N3O6S/c1-32-18-8-9-20-21(16-18)33-24(29)27(20)17-10-14-25(15-11-17)12-4-5-13-26-23(28)19-6-2-3-7-22(19)34(26,30)31/h2-3,6-9,16-17,30-31H,4-5,10-15H2,1H3. The zero-order valence-electron chi connectivity index (χ0n) is 19.1. The molecule has 3 heterocycles. The van der Waals surface area contributed by atoms with Gasteiger partial charge in [0.2, 0.25) is 0 Å². The predicted molar refractivity (Wildman–Crippen MR) is 130 cm³/mol. The molecule has 1 saturated heterocycles. The summed E-state index contributed by atoms with van der Waals surface area (Å²) in [6.07, 6.45) is 3.22. The minimum atomic E-state index is -3.24. The van der Waals surface area contributed by atoms with Gasteiger partial charge in [0.15, 0.2) is 5.58 Å². The van der Waals surface area contributed by atoms with E-state index in [0.717, 1.165) is 44.4 Å². The van der Waals surface area contributed by atoms with E-state index in [2.05, 4.69) is 4.90 Å². The van der Waals surface area contributed by atoms with Crippen LogP contribution in [0.3, 0.4) is 0 Å². The molecule has 0 spiro atoms. The number of ether oxygens (including phenoxy) is 1. The van der Waals surface area contributed by atoms with Crippen molar-refractivity contribution in [2.45, 2.75) is 36.6 Å². The number of rotatable bonds is 7. The van der Waals surface area contributed by atoms with E-state index < -0.39 is 10.8 Å². The van der Waals surface area contributed by atoms with Gasteiger partial charge in [0.05, 0.1) is 23.1 Å². The van der Waals surface area contributed by atoms with E-state index in [-0.39, 0.29) is 17.7 Å². The van der Waals surface area contributed by atoms with Crippen LogP contribution in [0.5, 0.6) is 5.75 Å². The van der Waals surface area contributed by atoms with Crippen LogP contribution < -0.4 is 10.5 Å². The summed E-state index contributed by atoms with van der Waals surface area (Å²) in [7, 11) is -1.66. The number of likely N-dealkylation sites (tertiary alicyclic amines) is 1. The van der Waals surface area contributed by atoms with Crippen molar-refractivity contribution in [3.63, 3.8) is 0 Å². The summed E-state index contributed by atoms with van der Waals surface area (Å²) in [4.78, 5) is 27.7. The van der Waals surface area contributed by atoms with Gasteiger partial charge in [-0.2, -0.15) is 0 Å². The summed E-state index contributed by atoms with van der Waals surface area (Å²) in [6.45, 7) is 2.90. The van der Waals surface area contributed by atoms with Gasteiger partial charge in [-0.15, -0.1) is 0 Å². The average molecular weight is 488 g/mol. The van der Waals surface area contributed by atoms with E-state index in [4.69, 9.17) is 9.15 Å². The second-order valence-corrected chi connectivity index (χ2v) is 10.7. The molecule has 3 aromatic rings. The van der Waals surface area contributed by atoms with Gasteiger partial charge >= 0.3 is 5.76 Å². The number of benzene rings is 2. The molecule has 0 bridgehead atoms. The SMILES string of the molecule is COc1ccc2c(c1)oc(=O)n2C1CCN(CCCCN2C(=O)c3ccccc3S2(O)O)CC1. The molecule has 2 N–H and O–H groups in total. The van der Waals surface area contributed by atoms with Crippen molar-refractivity contribution in [2.24, 2.45) is 0 Å². The fraction of sp³-hybridized carbons (Fsp3) is 0.417. The Morgan fingerprint density at radius 2 is 1.79 bits per heavy atom. The fourth-order valence-corrected chi connectivity index (χ4v) is 6.62. The second kappa shape index (κ2) is 9.10. The quantitative estimate of drug-likeness (QED) is 0.481. The van der Waals surface area contributed by atoms with Crippen molar-refractivity contribution >= 4 is 27.8 Å². The number of methoxy groups -OCH3 is 1. The molecule has 0 aliphatic carbocycles. The number of hydrogen-bond acceptors (Lipinski definition) is 7. The van der Waals surface area contributed by atoms with Crippen LogP contribution in [0.4, 0.5) is 0 Å². The van der Waals surface area contributed by atoms with E-state index in [1.54, 1.807) is 42.0 Å². The average Bonchev–Trinajstić information content (AvgIpc) is 3.27. The maximum absolute atomic E-state index is 12.6. The van der Waals surface area contributed by atoms with Crippen LogP contribution in [0.1, 0.15) is 42.1 Å². The monoisotopic (exact) mass is 487 g/mol. The first-order valence-electron chi connectivity index (χ1n) is 11.5. The molecule has 10 heteroatoms. The van der Waals surface area contributed by atoms with Gasteiger partial charge in [-0.25, -0.2) is 9.10 Å². The Balaban J connectivity index is 1.13. The first kappa shape index (κ1) is 23.0. The highest BCUT2D eigenvalue weighted by Crippen LogP contribution is 2.58. The number of nitrogens with zero attached hydrogens (tertiary/aromatic N) is 3. The Bertz CT molecular complexity index is 1260. The van der Waals surface area contributed by atoms with Crippen molar-refractivity contribution in [3.8, 4) is 5.75 Å². The molecule has 2 aromatic carbocycles. The van der Waals surface area contributed by atoms with Gasteiger partial charge < -0.3 is 14.1 Å². The third kappa shape index (κ3) is 4.00. The lowest BCUT2D eigenvalue weighted by molar-refractivity contribution is 0.0859. The predicted octanol–water partition coefficient (Wildman–Crippen LogP) is 4.20. The van der Waals surface area contributed by atoms with Crippen LogP contribution >= 0.6 is 10.8 Å². The van der Waals surface area contributed by atoms with Gasteiger partial charge in [-0.1, -0.05) is 22.9 Å². The van der Waals surface area contributed by atoms with Gasteiger partial charge in [0.25, 0.3) is 5.91 Å². The van der Waals surface area contributed by atoms with Crippen LogP contribution in [-0.4, -0.2) is 62.1 Å². The molecule has 0 unspecified atom stereocenters. The minimum absolute atomic E-state index is 0.0899. The maximum atomic E-state index is 12.6. The van der Waals surface area contributed by atoms with E-state index in [1.807, 2.05) is 12.1 Å². The number of hydrogen-bond donors (Lipinski definition) is 2. The zero-order valence-corrected chi connectivity index (χ0v) is 19.9. The normalized spacial score (nSPS) is 19.5. The Kier molecular flexibility index (Phi) is 6.15. The summed E-state index contributed by atoms with van der Waals surface area (Å²) < 4.78 is 34.8. The second-order valence-electron chi connectivity index (χ2n) is 8.77. The molecule has 1 amide bonds. The summed E-state index contributed by atoms with van der Waals surface area (Å²) in [5.74, 6) is 0.00718. The lowest BCUT2D eigenvalue weighted by Crippen LogP contribution is -2.37. The first-order chi connectivity index (χ1) is 16.4. The molecule has 34 heavy (non-hydrogen) atoms. The lowest BCUT2D eigenvalue weighted by atomic mass is 10.0. The van der Waals surface area contributed by atoms with E-state index in [9.17, 15) is 18.7 Å². The number of aromatic nitrogens is 1. The number of fused-ring (bicyclic) bond motifs is 2. The van der Waals surface area contributed by atoms with Crippen molar-refractivity contribution in [1.82, 2.24) is 13.8 Å². The van der Waals surface area contributed by atoms with E-state index in [1.165, 1.54) is 4.31 Å². The van der Waals surface area contributed by atoms with Crippen LogP contribution in [0.2, 0.25) is 0 Å². The van der Waals surface area contributed by atoms with Crippen molar-refractivity contribution in [2.75, 3.05) is 33.3 Å². The third-order valence-electron chi connectivity index (χ3n) is 6.77. The fourth-order valence-electron chi connectivity index (χ4n) is 4.96. The largest absolute Gasteiger partial charge is 0.497 e. The molecule has 182 valence electrons. The summed E-state index contributed by atoms with van der Waals surface area (Å²) >= 11 is 0. The van der Waals surface area contributed by atoms with Crippen LogP contribution in [-0.2, 0) is 0 Å². The number of oxazole rings is 1. The number of carbonyl (C=O) groups excluding carboxylic acids is 1. The van der Waals surface area contributed by atoms with Crippen LogP contribution in [0.25, 0.3) is 11.1 Å². The zero-order chi connectivity index (χ0) is 23.9. The smallest absolute Gasteiger partial charge is 0.420 e. The molecule has 0 radical (unpaired) electrons. The highest BCUT2D eigenvalue weighted by molar-refractivity contribution is 8.23. The van der Waals surface area contributed by atoms with Crippen molar-refractivity contribution in [1.29, 1.82) is 0 Å². The van der Waals surface area contributed by atoms with Gasteiger partial charge in [-0.3, -0.25) is 18.5 Å². The first-order valence-corrected chi connectivity index (χ1v) is 13.0. The Morgan fingerprint density at radius 3 is 2.53 bits per heavy atom. The van der Waals surface area contributed by atoms with E-state index in [0.29, 0.717) is 34.8 Å². The van der Waals surface area contributed by atoms with Gasteiger partial charge in [0, 0.05) is 31.7 Å². The maximum Gasteiger partial charge on any atom is 0.420 e. The molecular weight excluding hydrogens is 458 g/mol. The highest BCUT2D eigenvalue weighted by Gasteiger charge is 2.40. The molecule has 5 rings (SSSR count). The van der Waals surface area contributed by atoms with Crippen molar-refractivity contribution in [3.05, 3.63) is 58.6 Å². The Labute approximate surface area is 199 Å². The molecule has 9 nitrogen and oxygen atoms in total. The molecule has 0 saturated carbocycles. The van der Waals surface area contributed by atoms with Gasteiger partial charge in [0.1, 0.15) is 5.75 Å². The summed E-state index contributed by atoms with van der Waals surface area (Å²) in [5.41, 5.74) is 1.71. The molecule has 1 aromatic heterocycles. The number of carbonyl (C=O) groups is 1. The summed E-state index contributed by atoms with van der Waals surface area (Å²) in [5, 5.41) is 0. The number of unbranched alkanes of at least 4 members (excludes halogenated alkanes) is 1. The number of piperidine rings is 1. The Morgan fingerprint density at radius 1 is 1.06 bits per heavy atom. The minimum Gasteiger partial charge on any atom is -0.497 e. The lowest BCUT2D eigenvalue weighted by Gasteiger charge is -2.37. The van der Waals surface area contributed by atoms with Crippen LogP contribution in [0.15, 0.2) is 56.6 Å². The molecular formula is C24H29N3O6S.